The number of carbonyl (C=O) groups excluding carboxylic acids is 5. The Balaban J connectivity index is 1.58. The van der Waals surface area contributed by atoms with E-state index in [0.717, 1.165) is 17.7 Å². The zero-order valence-electron chi connectivity index (χ0n) is 19.2. The monoisotopic (exact) mass is 452 g/mol. The van der Waals surface area contributed by atoms with Crippen molar-refractivity contribution in [2.24, 2.45) is 0 Å². The maximum atomic E-state index is 13.0. The number of esters is 1. The fourth-order valence-electron chi connectivity index (χ4n) is 3.83. The molecule has 0 aromatic heterocycles. The van der Waals surface area contributed by atoms with E-state index >= 15 is 0 Å². The van der Waals surface area contributed by atoms with Crippen molar-refractivity contribution in [1.29, 1.82) is 0 Å². The number of hydrogen-bond donors (Lipinski definition) is 1. The second kappa shape index (κ2) is 9.99. The minimum Gasteiger partial charge on any atom is -0.460 e. The topological polar surface area (TPSA) is 110 Å². The molecule has 1 aromatic rings. The van der Waals surface area contributed by atoms with Crippen molar-refractivity contribution in [1.82, 2.24) is 10.2 Å². The Hall–Kier alpha value is -3.47. The molecule has 8 nitrogen and oxygen atoms in total. The van der Waals surface area contributed by atoms with Crippen molar-refractivity contribution in [3.63, 3.8) is 0 Å². The van der Waals surface area contributed by atoms with Gasteiger partial charge >= 0.3 is 5.97 Å². The molecule has 0 aliphatic carbocycles. The summed E-state index contributed by atoms with van der Waals surface area (Å²) in [5, 5.41) is 2.18. The first-order valence-electron chi connectivity index (χ1n) is 11.1. The van der Waals surface area contributed by atoms with Crippen LogP contribution in [0.5, 0.6) is 0 Å². The fraction of sp³-hybridized carbons (Fsp3) is 0.480. The van der Waals surface area contributed by atoms with Gasteiger partial charge in [0, 0.05) is 24.8 Å². The molecule has 1 aromatic carbocycles. The van der Waals surface area contributed by atoms with Crippen LogP contribution in [-0.4, -0.2) is 46.1 Å². The maximum Gasteiger partial charge on any atom is 0.306 e. The van der Waals surface area contributed by atoms with Gasteiger partial charge in [0.05, 0.1) is 11.1 Å². The van der Waals surface area contributed by atoms with Crippen LogP contribution >= 0.6 is 0 Å². The van der Waals surface area contributed by atoms with Crippen molar-refractivity contribution in [3.05, 3.63) is 34.9 Å². The van der Waals surface area contributed by atoms with Crippen LogP contribution < -0.4 is 5.32 Å². The number of carbonyl (C=O) groups is 5. The summed E-state index contributed by atoms with van der Waals surface area (Å²) in [5.41, 5.74) is 0.373. The number of nitrogens with zero attached hydrogens (tertiary/aromatic N) is 1. The molecule has 0 radical (unpaired) electrons. The Morgan fingerprint density at radius 1 is 1.12 bits per heavy atom. The third kappa shape index (κ3) is 5.86. The Bertz CT molecular complexity index is 1060. The first-order chi connectivity index (χ1) is 15.6. The highest BCUT2D eigenvalue weighted by Crippen LogP contribution is 2.29. The summed E-state index contributed by atoms with van der Waals surface area (Å²) in [4.78, 5) is 62.1. The van der Waals surface area contributed by atoms with E-state index < -0.39 is 35.3 Å². The summed E-state index contributed by atoms with van der Waals surface area (Å²) in [6, 6.07) is 3.88. The van der Waals surface area contributed by atoms with Crippen molar-refractivity contribution in [2.75, 3.05) is 0 Å². The van der Waals surface area contributed by atoms with Crippen molar-refractivity contribution >= 4 is 29.6 Å². The number of piperidine rings is 1. The Kier molecular flexibility index (Phi) is 7.32. The van der Waals surface area contributed by atoms with Gasteiger partial charge in [-0.1, -0.05) is 24.3 Å². The summed E-state index contributed by atoms with van der Waals surface area (Å²) >= 11 is 0. The van der Waals surface area contributed by atoms with E-state index in [2.05, 4.69) is 17.2 Å². The molecule has 8 heteroatoms. The van der Waals surface area contributed by atoms with E-state index in [1.807, 2.05) is 20.8 Å². The number of benzene rings is 1. The first kappa shape index (κ1) is 24.2. The molecule has 1 unspecified atom stereocenters. The molecule has 2 heterocycles. The zero-order chi connectivity index (χ0) is 24.2. The molecule has 1 fully saturated rings. The van der Waals surface area contributed by atoms with Crippen molar-refractivity contribution in [2.45, 2.75) is 77.4 Å². The van der Waals surface area contributed by atoms with E-state index in [9.17, 15) is 24.0 Å². The van der Waals surface area contributed by atoms with Gasteiger partial charge in [-0.15, -0.1) is 0 Å². The summed E-state index contributed by atoms with van der Waals surface area (Å²) in [6.45, 7) is 5.51. The van der Waals surface area contributed by atoms with Crippen LogP contribution in [0.2, 0.25) is 0 Å². The average Bonchev–Trinajstić information content (AvgIpc) is 2.97. The predicted molar refractivity (Wildman–Crippen MR) is 119 cm³/mol. The van der Waals surface area contributed by atoms with Crippen LogP contribution in [-0.2, 0) is 19.1 Å². The van der Waals surface area contributed by atoms with Gasteiger partial charge in [-0.25, -0.2) is 0 Å². The second-order valence-electron chi connectivity index (χ2n) is 9.12. The number of hydrogen-bond acceptors (Lipinski definition) is 6. The first-order valence-corrected chi connectivity index (χ1v) is 11.1. The third-order valence-electron chi connectivity index (χ3n) is 5.29. The van der Waals surface area contributed by atoms with Gasteiger partial charge in [-0.2, -0.15) is 0 Å². The SMILES string of the molecule is CC(C)(C)OC(=O)CCCCCC#Cc1cccc2c1C(=O)N(C1CCC(=O)NC1=O)C2=O. The van der Waals surface area contributed by atoms with Gasteiger partial charge in [-0.05, 0) is 52.2 Å². The molecule has 1 N–H and O–H groups in total. The minimum absolute atomic E-state index is 0.0738. The summed E-state index contributed by atoms with van der Waals surface area (Å²) in [7, 11) is 0. The molecule has 0 spiro atoms. The smallest absolute Gasteiger partial charge is 0.306 e. The average molecular weight is 453 g/mol. The lowest BCUT2D eigenvalue weighted by Crippen LogP contribution is -2.54. The molecular formula is C25H28N2O6. The Labute approximate surface area is 193 Å². The van der Waals surface area contributed by atoms with Crippen molar-refractivity contribution in [3.8, 4) is 11.8 Å². The molecule has 33 heavy (non-hydrogen) atoms. The normalized spacial score (nSPS) is 17.9. The number of ether oxygens (including phenoxy) is 1. The molecule has 0 saturated carbocycles. The van der Waals surface area contributed by atoms with Crippen LogP contribution in [0.4, 0.5) is 0 Å². The van der Waals surface area contributed by atoms with Gasteiger partial charge in [-0.3, -0.25) is 34.2 Å². The predicted octanol–water partition coefficient (Wildman–Crippen LogP) is 2.73. The summed E-state index contributed by atoms with van der Waals surface area (Å²) in [5.74, 6) is 3.63. The Morgan fingerprint density at radius 2 is 1.88 bits per heavy atom. The third-order valence-corrected chi connectivity index (χ3v) is 5.29. The number of amides is 4. The van der Waals surface area contributed by atoms with E-state index in [1.165, 1.54) is 0 Å². The number of imide groups is 2. The van der Waals surface area contributed by atoms with Crippen LogP contribution in [0.3, 0.4) is 0 Å². The highest BCUT2D eigenvalue weighted by molar-refractivity contribution is 6.24. The molecule has 1 saturated heterocycles. The van der Waals surface area contributed by atoms with Crippen LogP contribution in [0.15, 0.2) is 18.2 Å². The van der Waals surface area contributed by atoms with Gasteiger partial charge in [0.2, 0.25) is 11.8 Å². The van der Waals surface area contributed by atoms with Gasteiger partial charge in [0.25, 0.3) is 11.8 Å². The van der Waals surface area contributed by atoms with Crippen molar-refractivity contribution < 1.29 is 28.7 Å². The molecule has 2 aliphatic heterocycles. The molecule has 1 atom stereocenters. The molecule has 174 valence electrons. The van der Waals surface area contributed by atoms with Gasteiger partial charge < -0.3 is 4.74 Å². The maximum absolute atomic E-state index is 13.0. The quantitative estimate of drug-likeness (QED) is 0.308. The van der Waals surface area contributed by atoms with E-state index in [0.29, 0.717) is 24.8 Å². The van der Waals surface area contributed by atoms with Crippen LogP contribution in [0, 0.1) is 11.8 Å². The number of rotatable bonds is 6. The number of fused-ring (bicyclic) bond motifs is 1. The molecule has 2 aliphatic rings. The summed E-state index contributed by atoms with van der Waals surface area (Å²) < 4.78 is 5.28. The van der Waals surface area contributed by atoms with E-state index in [-0.39, 0.29) is 29.9 Å². The van der Waals surface area contributed by atoms with Crippen LogP contribution in [0.1, 0.15) is 92.0 Å². The molecule has 4 amide bonds. The van der Waals surface area contributed by atoms with E-state index in [4.69, 9.17) is 4.74 Å². The highest BCUT2D eigenvalue weighted by Gasteiger charge is 2.45. The lowest BCUT2D eigenvalue weighted by atomic mass is 10.0. The van der Waals surface area contributed by atoms with Crippen LogP contribution in [0.25, 0.3) is 0 Å². The minimum atomic E-state index is -0.999. The Morgan fingerprint density at radius 3 is 2.58 bits per heavy atom. The summed E-state index contributed by atoms with van der Waals surface area (Å²) in [6.07, 6.45) is 3.46. The number of unbranched alkanes of at least 4 members (excludes halogenated alkanes) is 3. The number of nitrogens with one attached hydrogen (secondary N) is 1. The fourth-order valence-corrected chi connectivity index (χ4v) is 3.83. The lowest BCUT2D eigenvalue weighted by Gasteiger charge is -2.27. The van der Waals surface area contributed by atoms with Gasteiger partial charge in [0.1, 0.15) is 11.6 Å². The van der Waals surface area contributed by atoms with Gasteiger partial charge in [0.15, 0.2) is 0 Å². The second-order valence-corrected chi connectivity index (χ2v) is 9.12. The highest BCUT2D eigenvalue weighted by atomic mass is 16.6. The largest absolute Gasteiger partial charge is 0.460 e. The molecular weight excluding hydrogens is 424 g/mol. The molecule has 3 rings (SSSR count). The lowest BCUT2D eigenvalue weighted by molar-refractivity contribution is -0.155. The zero-order valence-corrected chi connectivity index (χ0v) is 19.2. The molecule has 0 bridgehead atoms. The standard InChI is InChI=1S/C25H28N2O6/c1-25(2,3)33-20(29)13-8-6-4-5-7-10-16-11-9-12-17-21(16)24(32)27(23(17)31)18-14-15-19(28)26-22(18)30/h9,11-12,18H,4-6,8,13-15H2,1-3H3,(H,26,28,30). The van der Waals surface area contributed by atoms with E-state index in [1.54, 1.807) is 18.2 Å².